The predicted octanol–water partition coefficient (Wildman–Crippen LogP) is 0.879. The van der Waals surface area contributed by atoms with Gasteiger partial charge in [-0.1, -0.05) is 29.8 Å². The Morgan fingerprint density at radius 1 is 1.22 bits per heavy atom. The van der Waals surface area contributed by atoms with Gasteiger partial charge in [-0.15, -0.1) is 10.2 Å². The van der Waals surface area contributed by atoms with Crippen molar-refractivity contribution >= 4 is 0 Å². The maximum atomic E-state index is 5.82. The summed E-state index contributed by atoms with van der Waals surface area (Å²) in [6.07, 6.45) is 1.73. The molecule has 2 rings (SSSR count). The van der Waals surface area contributed by atoms with Gasteiger partial charge in [-0.05, 0) is 36.6 Å². The lowest BCUT2D eigenvalue weighted by Gasteiger charge is -2.12. The molecule has 0 bridgehead atoms. The van der Waals surface area contributed by atoms with Crippen molar-refractivity contribution in [3.63, 3.8) is 0 Å². The van der Waals surface area contributed by atoms with E-state index in [2.05, 4.69) is 46.6 Å². The van der Waals surface area contributed by atoms with Crippen LogP contribution in [0.15, 0.2) is 24.3 Å². The topological polar surface area (TPSA) is 69.6 Å². The zero-order valence-corrected chi connectivity index (χ0v) is 10.9. The summed E-state index contributed by atoms with van der Waals surface area (Å²) in [7, 11) is 1.77. The summed E-state index contributed by atoms with van der Waals surface area (Å²) < 4.78 is 0. The predicted molar refractivity (Wildman–Crippen MR) is 69.9 cm³/mol. The number of hydrogen-bond acceptors (Lipinski definition) is 4. The third-order valence-electron chi connectivity index (χ3n) is 3.00. The van der Waals surface area contributed by atoms with Crippen LogP contribution in [0, 0.1) is 12.8 Å². The van der Waals surface area contributed by atoms with Gasteiger partial charge >= 0.3 is 0 Å². The van der Waals surface area contributed by atoms with Crippen LogP contribution in [0.2, 0.25) is 0 Å². The molecule has 0 saturated carbocycles. The van der Waals surface area contributed by atoms with Crippen LogP contribution in [0.5, 0.6) is 0 Å². The van der Waals surface area contributed by atoms with Crippen molar-refractivity contribution < 1.29 is 0 Å². The Balaban J connectivity index is 1.99. The van der Waals surface area contributed by atoms with E-state index in [0.29, 0.717) is 12.5 Å². The highest BCUT2D eigenvalue weighted by Gasteiger charge is 2.12. The first-order chi connectivity index (χ1) is 8.67. The van der Waals surface area contributed by atoms with Crippen molar-refractivity contribution in [2.75, 3.05) is 6.54 Å². The molecule has 0 radical (unpaired) electrons. The highest BCUT2D eigenvalue weighted by Crippen LogP contribution is 2.12. The van der Waals surface area contributed by atoms with Crippen LogP contribution in [0.25, 0.3) is 0 Å². The normalized spacial score (nSPS) is 12.6. The lowest BCUT2D eigenvalue weighted by atomic mass is 9.95. The van der Waals surface area contributed by atoms with Crippen molar-refractivity contribution in [1.82, 2.24) is 20.2 Å². The van der Waals surface area contributed by atoms with Crippen molar-refractivity contribution in [3.05, 3.63) is 41.2 Å². The summed E-state index contributed by atoms with van der Waals surface area (Å²) >= 11 is 0. The van der Waals surface area contributed by atoms with E-state index >= 15 is 0 Å². The summed E-state index contributed by atoms with van der Waals surface area (Å²) in [6, 6.07) is 8.57. The van der Waals surface area contributed by atoms with Crippen LogP contribution in [0.1, 0.15) is 17.0 Å². The average Bonchev–Trinajstić information content (AvgIpc) is 2.77. The number of tetrazole rings is 1. The SMILES string of the molecule is Cc1ccc(CC(CN)Cc2nnn(C)n2)cc1. The zero-order valence-electron chi connectivity index (χ0n) is 10.9. The monoisotopic (exact) mass is 245 g/mol. The summed E-state index contributed by atoms with van der Waals surface area (Å²) in [5, 5.41) is 12.0. The number of nitrogens with zero attached hydrogens (tertiary/aromatic N) is 4. The van der Waals surface area contributed by atoms with Gasteiger partial charge in [0.05, 0.1) is 7.05 Å². The fourth-order valence-electron chi connectivity index (χ4n) is 1.96. The molecular weight excluding hydrogens is 226 g/mol. The first-order valence-corrected chi connectivity index (χ1v) is 6.16. The quantitative estimate of drug-likeness (QED) is 0.849. The molecule has 0 aliphatic rings. The fraction of sp³-hybridized carbons (Fsp3) is 0.462. The Morgan fingerprint density at radius 2 is 1.94 bits per heavy atom. The number of nitrogens with two attached hydrogens (primary N) is 1. The number of aromatic nitrogens is 4. The fourth-order valence-corrected chi connectivity index (χ4v) is 1.96. The first-order valence-electron chi connectivity index (χ1n) is 6.16. The third kappa shape index (κ3) is 3.37. The molecule has 5 nitrogen and oxygen atoms in total. The minimum absolute atomic E-state index is 0.358. The van der Waals surface area contributed by atoms with Gasteiger partial charge in [0.15, 0.2) is 5.82 Å². The van der Waals surface area contributed by atoms with Gasteiger partial charge in [-0.2, -0.15) is 4.80 Å². The average molecular weight is 245 g/mol. The van der Waals surface area contributed by atoms with Crippen LogP contribution in [0.4, 0.5) is 0 Å². The molecular formula is C13H19N5. The van der Waals surface area contributed by atoms with Gasteiger partial charge in [0.2, 0.25) is 0 Å². The molecule has 5 heteroatoms. The van der Waals surface area contributed by atoms with Crippen molar-refractivity contribution in [2.24, 2.45) is 18.7 Å². The van der Waals surface area contributed by atoms with E-state index in [4.69, 9.17) is 5.73 Å². The van der Waals surface area contributed by atoms with E-state index in [1.165, 1.54) is 15.9 Å². The minimum Gasteiger partial charge on any atom is -0.330 e. The molecule has 1 aromatic heterocycles. The Labute approximate surface area is 107 Å². The van der Waals surface area contributed by atoms with Crippen molar-refractivity contribution in [1.29, 1.82) is 0 Å². The Morgan fingerprint density at radius 3 is 2.50 bits per heavy atom. The number of aryl methyl sites for hydroxylation is 2. The lowest BCUT2D eigenvalue weighted by molar-refractivity contribution is 0.516. The van der Waals surface area contributed by atoms with Crippen LogP contribution >= 0.6 is 0 Å². The molecule has 2 aromatic rings. The molecule has 1 unspecified atom stereocenters. The summed E-state index contributed by atoms with van der Waals surface area (Å²) in [5.41, 5.74) is 8.40. The number of benzene rings is 1. The molecule has 0 aliphatic heterocycles. The molecule has 96 valence electrons. The van der Waals surface area contributed by atoms with Gasteiger partial charge < -0.3 is 5.73 Å². The van der Waals surface area contributed by atoms with Gasteiger partial charge in [-0.25, -0.2) is 0 Å². The molecule has 1 heterocycles. The Hall–Kier alpha value is -1.75. The number of hydrogen-bond donors (Lipinski definition) is 1. The summed E-state index contributed by atoms with van der Waals surface area (Å²) in [5.74, 6) is 1.12. The lowest BCUT2D eigenvalue weighted by Crippen LogP contribution is -2.20. The Bertz CT molecular complexity index is 488. The van der Waals surface area contributed by atoms with Gasteiger partial charge in [-0.3, -0.25) is 0 Å². The largest absolute Gasteiger partial charge is 0.330 e. The van der Waals surface area contributed by atoms with E-state index in [9.17, 15) is 0 Å². The molecule has 0 fully saturated rings. The third-order valence-corrected chi connectivity index (χ3v) is 3.00. The standard InChI is InChI=1S/C13H19N5/c1-10-3-5-11(6-4-10)7-12(9-14)8-13-15-17-18(2)16-13/h3-6,12H,7-9,14H2,1-2H3. The smallest absolute Gasteiger partial charge is 0.175 e. The second kappa shape index (κ2) is 5.73. The maximum Gasteiger partial charge on any atom is 0.175 e. The maximum absolute atomic E-state index is 5.82. The van der Waals surface area contributed by atoms with Crippen LogP contribution in [0.3, 0.4) is 0 Å². The molecule has 1 atom stereocenters. The van der Waals surface area contributed by atoms with Crippen LogP contribution in [-0.4, -0.2) is 26.8 Å². The van der Waals surface area contributed by atoms with Crippen LogP contribution < -0.4 is 5.73 Å². The van der Waals surface area contributed by atoms with E-state index in [1.54, 1.807) is 7.05 Å². The van der Waals surface area contributed by atoms with Crippen molar-refractivity contribution in [2.45, 2.75) is 19.8 Å². The van der Waals surface area contributed by atoms with Crippen LogP contribution in [-0.2, 0) is 19.9 Å². The van der Waals surface area contributed by atoms with E-state index in [-0.39, 0.29) is 0 Å². The van der Waals surface area contributed by atoms with Crippen molar-refractivity contribution in [3.8, 4) is 0 Å². The van der Waals surface area contributed by atoms with E-state index < -0.39 is 0 Å². The molecule has 1 aromatic carbocycles. The highest BCUT2D eigenvalue weighted by molar-refractivity contribution is 5.21. The molecule has 18 heavy (non-hydrogen) atoms. The molecule has 0 saturated heterocycles. The minimum atomic E-state index is 0.358. The Kier molecular flexibility index (Phi) is 4.04. The second-order valence-corrected chi connectivity index (χ2v) is 4.69. The molecule has 2 N–H and O–H groups in total. The highest BCUT2D eigenvalue weighted by atomic mass is 15.6. The zero-order chi connectivity index (χ0) is 13.0. The summed E-state index contributed by atoms with van der Waals surface area (Å²) in [4.78, 5) is 1.48. The van der Waals surface area contributed by atoms with Gasteiger partial charge in [0.1, 0.15) is 0 Å². The molecule has 0 aliphatic carbocycles. The number of rotatable bonds is 5. The molecule has 0 amide bonds. The molecule has 0 spiro atoms. The van der Waals surface area contributed by atoms with Gasteiger partial charge in [0, 0.05) is 6.42 Å². The summed E-state index contributed by atoms with van der Waals surface area (Å²) in [6.45, 7) is 2.72. The van der Waals surface area contributed by atoms with E-state index in [0.717, 1.165) is 18.7 Å². The van der Waals surface area contributed by atoms with Gasteiger partial charge in [0.25, 0.3) is 0 Å². The first kappa shape index (κ1) is 12.7. The van der Waals surface area contributed by atoms with E-state index in [1.807, 2.05) is 0 Å². The second-order valence-electron chi connectivity index (χ2n) is 4.69.